The Morgan fingerprint density at radius 1 is 0.455 bits per heavy atom. The SMILES string of the molecule is Fc1ccccc1[C+](c1ccccc1F)c1ccccc1F. The molecule has 0 aliphatic rings. The normalized spacial score (nSPS) is 10.5. The lowest BCUT2D eigenvalue weighted by Gasteiger charge is -2.14. The lowest BCUT2D eigenvalue weighted by molar-refractivity contribution is 0.595. The van der Waals surface area contributed by atoms with Gasteiger partial charge in [-0.05, 0) is 72.8 Å². The van der Waals surface area contributed by atoms with E-state index in [0.717, 1.165) is 0 Å². The van der Waals surface area contributed by atoms with E-state index in [1.165, 1.54) is 36.4 Å². The van der Waals surface area contributed by atoms with Crippen molar-refractivity contribution in [3.63, 3.8) is 0 Å². The molecule has 3 rings (SSSR count). The van der Waals surface area contributed by atoms with E-state index in [2.05, 4.69) is 0 Å². The molecule has 0 aliphatic heterocycles. The Morgan fingerprint density at radius 3 is 1.00 bits per heavy atom. The molecule has 0 fully saturated rings. The Hall–Kier alpha value is -2.68. The van der Waals surface area contributed by atoms with Gasteiger partial charge < -0.3 is 0 Å². The van der Waals surface area contributed by atoms with Crippen LogP contribution >= 0.6 is 0 Å². The third-order valence-corrected chi connectivity index (χ3v) is 3.43. The molecule has 0 radical (unpaired) electrons. The summed E-state index contributed by atoms with van der Waals surface area (Å²) < 4.78 is 42.6. The summed E-state index contributed by atoms with van der Waals surface area (Å²) in [5.41, 5.74) is 0.494. The van der Waals surface area contributed by atoms with Crippen LogP contribution < -0.4 is 0 Å². The first-order valence-electron chi connectivity index (χ1n) is 6.80. The fourth-order valence-electron chi connectivity index (χ4n) is 2.43. The van der Waals surface area contributed by atoms with Crippen molar-refractivity contribution in [2.45, 2.75) is 0 Å². The molecule has 0 nitrogen and oxygen atoms in total. The van der Waals surface area contributed by atoms with Crippen LogP contribution in [0.1, 0.15) is 16.7 Å². The van der Waals surface area contributed by atoms with Crippen LogP contribution in [0.4, 0.5) is 13.2 Å². The second kappa shape index (κ2) is 5.98. The van der Waals surface area contributed by atoms with E-state index in [-0.39, 0.29) is 22.6 Å². The van der Waals surface area contributed by atoms with Crippen molar-refractivity contribution in [2.75, 3.05) is 0 Å². The summed E-state index contributed by atoms with van der Waals surface area (Å²) in [4.78, 5) is 0. The third kappa shape index (κ3) is 2.58. The molecule has 22 heavy (non-hydrogen) atoms. The maximum atomic E-state index is 14.2. The molecule has 0 bridgehead atoms. The van der Waals surface area contributed by atoms with E-state index in [1.807, 2.05) is 0 Å². The molecule has 0 amide bonds. The lowest BCUT2D eigenvalue weighted by Crippen LogP contribution is -2.10. The molecule has 3 aromatic carbocycles. The monoisotopic (exact) mass is 297 g/mol. The van der Waals surface area contributed by atoms with E-state index in [1.54, 1.807) is 36.4 Å². The van der Waals surface area contributed by atoms with Gasteiger partial charge in [0.15, 0.2) is 17.5 Å². The second-order valence-corrected chi connectivity index (χ2v) is 4.81. The molecule has 108 valence electrons. The minimum absolute atomic E-state index is 0.165. The van der Waals surface area contributed by atoms with Gasteiger partial charge in [-0.25, -0.2) is 0 Å². The first-order valence-corrected chi connectivity index (χ1v) is 6.80. The molecule has 0 aliphatic carbocycles. The predicted octanol–water partition coefficient (Wildman–Crippen LogP) is 5.12. The van der Waals surface area contributed by atoms with E-state index in [9.17, 15) is 13.2 Å². The van der Waals surface area contributed by atoms with Crippen LogP contribution in [0.5, 0.6) is 0 Å². The topological polar surface area (TPSA) is 0 Å². The zero-order chi connectivity index (χ0) is 15.5. The molecule has 0 spiro atoms. The predicted molar refractivity (Wildman–Crippen MR) is 79.7 cm³/mol. The van der Waals surface area contributed by atoms with Crippen LogP contribution in [0, 0.1) is 23.4 Å². The molecule has 0 aromatic heterocycles. The molecule has 0 atom stereocenters. The third-order valence-electron chi connectivity index (χ3n) is 3.43. The molecule has 3 aromatic rings. The maximum absolute atomic E-state index is 14.2. The molecular formula is C19H12F3+. The highest BCUT2D eigenvalue weighted by atomic mass is 19.1. The van der Waals surface area contributed by atoms with Crippen LogP contribution in [0.25, 0.3) is 0 Å². The molecule has 0 saturated carbocycles. The molecule has 3 heteroatoms. The number of halogens is 3. The van der Waals surface area contributed by atoms with Gasteiger partial charge in [0.25, 0.3) is 0 Å². The lowest BCUT2D eigenvalue weighted by atomic mass is 9.84. The molecule has 0 saturated heterocycles. The van der Waals surface area contributed by atoms with E-state index in [4.69, 9.17) is 0 Å². The summed E-state index contributed by atoms with van der Waals surface area (Å²) in [6.45, 7) is 0. The number of hydrogen-bond acceptors (Lipinski definition) is 0. The smallest absolute Gasteiger partial charge is 0.172 e. The van der Waals surface area contributed by atoms with Gasteiger partial charge in [0.2, 0.25) is 0 Å². The highest BCUT2D eigenvalue weighted by Gasteiger charge is 2.30. The van der Waals surface area contributed by atoms with E-state index < -0.39 is 17.5 Å². The van der Waals surface area contributed by atoms with Gasteiger partial charge >= 0.3 is 0 Å². The highest BCUT2D eigenvalue weighted by molar-refractivity contribution is 5.58. The molecular weight excluding hydrogens is 285 g/mol. The van der Waals surface area contributed by atoms with Gasteiger partial charge in [-0.1, -0.05) is 0 Å². The van der Waals surface area contributed by atoms with E-state index >= 15 is 0 Å². The van der Waals surface area contributed by atoms with Gasteiger partial charge in [-0.15, -0.1) is 0 Å². The van der Waals surface area contributed by atoms with Crippen LogP contribution in [-0.4, -0.2) is 0 Å². The first kappa shape index (κ1) is 14.3. The summed E-state index contributed by atoms with van der Waals surface area (Å²) in [5.74, 6) is -1.37. The standard InChI is InChI=1S/C19H12F3/c20-16-10-4-1-7-13(16)19(14-8-2-5-11-17(14)21)15-9-3-6-12-18(15)22/h1-12H/q+1. The zero-order valence-corrected chi connectivity index (χ0v) is 11.6. The molecule has 0 unspecified atom stereocenters. The Balaban J connectivity index is 2.27. The largest absolute Gasteiger partial charge is 0.178 e. The summed E-state index contributed by atoms with van der Waals surface area (Å²) in [7, 11) is 0. The fraction of sp³-hybridized carbons (Fsp3) is 0. The quantitative estimate of drug-likeness (QED) is 0.465. The average Bonchev–Trinajstić information content (AvgIpc) is 2.53. The van der Waals surface area contributed by atoms with Crippen LogP contribution in [0.3, 0.4) is 0 Å². The molecule has 0 heterocycles. The van der Waals surface area contributed by atoms with Gasteiger partial charge in [-0.3, -0.25) is 0 Å². The van der Waals surface area contributed by atoms with Gasteiger partial charge in [0.05, 0.1) is 22.6 Å². The number of rotatable bonds is 3. The van der Waals surface area contributed by atoms with Crippen molar-refractivity contribution < 1.29 is 13.2 Å². The van der Waals surface area contributed by atoms with Crippen molar-refractivity contribution in [1.29, 1.82) is 0 Å². The highest BCUT2D eigenvalue weighted by Crippen LogP contribution is 2.34. The number of benzene rings is 3. The van der Waals surface area contributed by atoms with Crippen molar-refractivity contribution >= 4 is 0 Å². The maximum Gasteiger partial charge on any atom is 0.178 e. The Morgan fingerprint density at radius 2 is 0.727 bits per heavy atom. The zero-order valence-electron chi connectivity index (χ0n) is 11.6. The summed E-state index contributed by atoms with van der Waals surface area (Å²) >= 11 is 0. The Bertz CT molecular complexity index is 688. The molecule has 0 N–H and O–H groups in total. The van der Waals surface area contributed by atoms with Gasteiger partial charge in [0.1, 0.15) is 0 Å². The summed E-state index contributed by atoms with van der Waals surface area (Å²) in [6.07, 6.45) is 0. The van der Waals surface area contributed by atoms with E-state index in [0.29, 0.717) is 0 Å². The van der Waals surface area contributed by atoms with Crippen molar-refractivity contribution in [3.05, 3.63) is 113 Å². The van der Waals surface area contributed by atoms with Crippen molar-refractivity contribution in [1.82, 2.24) is 0 Å². The van der Waals surface area contributed by atoms with Gasteiger partial charge in [-0.2, -0.15) is 13.2 Å². The van der Waals surface area contributed by atoms with Crippen LogP contribution in [-0.2, 0) is 0 Å². The fourth-order valence-corrected chi connectivity index (χ4v) is 2.43. The minimum Gasteiger partial charge on any atom is -0.172 e. The summed E-state index contributed by atoms with van der Waals surface area (Å²) in [5, 5.41) is 0. The van der Waals surface area contributed by atoms with Crippen molar-refractivity contribution in [2.24, 2.45) is 0 Å². The average molecular weight is 297 g/mol. The van der Waals surface area contributed by atoms with Crippen LogP contribution in [0.15, 0.2) is 72.8 Å². The Labute approximate surface area is 126 Å². The van der Waals surface area contributed by atoms with Crippen LogP contribution in [0.2, 0.25) is 0 Å². The van der Waals surface area contributed by atoms with Gasteiger partial charge in [0, 0.05) is 0 Å². The second-order valence-electron chi connectivity index (χ2n) is 4.81. The summed E-state index contributed by atoms with van der Waals surface area (Å²) in [6, 6.07) is 17.9. The number of hydrogen-bond donors (Lipinski definition) is 0. The van der Waals surface area contributed by atoms with Crippen molar-refractivity contribution in [3.8, 4) is 0 Å². The Kier molecular flexibility index (Phi) is 3.88. The first-order chi connectivity index (χ1) is 10.7. The minimum atomic E-state index is -0.524.